The molecule has 0 aromatic heterocycles. The minimum absolute atomic E-state index is 0.268. The maximum Gasteiger partial charge on any atom is 0.309 e. The highest BCUT2D eigenvalue weighted by Crippen LogP contribution is 2.49. The van der Waals surface area contributed by atoms with Crippen LogP contribution in [0.2, 0.25) is 0 Å². The molecule has 1 aromatic carbocycles. The molecule has 0 atom stereocenters. The molecule has 0 saturated heterocycles. The number of carboxylic acid groups (broad SMARTS) is 1. The average molecular weight is 237 g/mol. The highest BCUT2D eigenvalue weighted by molar-refractivity contribution is 5.77. The molecule has 0 bridgehead atoms. The van der Waals surface area contributed by atoms with Gasteiger partial charge < -0.3 is 10.0 Å². The third kappa shape index (κ3) is 2.40. The zero-order valence-corrected chi connectivity index (χ0v) is 9.82. The Balaban J connectivity index is 1.97. The molecular weight excluding hydrogens is 221 g/mol. The summed E-state index contributed by atoms with van der Waals surface area (Å²) in [5, 5.41) is 9.05. The van der Waals surface area contributed by atoms with Crippen LogP contribution >= 0.6 is 0 Å². The van der Waals surface area contributed by atoms with E-state index in [0.717, 1.165) is 12.8 Å². The molecule has 0 heterocycles. The number of carboxylic acids is 1. The molecule has 3 nitrogen and oxygen atoms in total. The fourth-order valence-corrected chi connectivity index (χ4v) is 1.99. The fourth-order valence-electron chi connectivity index (χ4n) is 1.99. The van der Waals surface area contributed by atoms with Gasteiger partial charge in [-0.15, -0.1) is 0 Å². The molecule has 17 heavy (non-hydrogen) atoms. The van der Waals surface area contributed by atoms with Crippen LogP contribution in [0.25, 0.3) is 0 Å². The van der Waals surface area contributed by atoms with Gasteiger partial charge in [0.25, 0.3) is 0 Å². The Hall–Kier alpha value is -1.58. The second kappa shape index (κ2) is 4.35. The lowest BCUT2D eigenvalue weighted by Gasteiger charge is -2.21. The first-order valence-corrected chi connectivity index (χ1v) is 5.74. The molecule has 0 unspecified atom stereocenters. The van der Waals surface area contributed by atoms with Gasteiger partial charge in [-0.05, 0) is 31.4 Å². The fraction of sp³-hybridized carbons (Fsp3) is 0.462. The summed E-state index contributed by atoms with van der Waals surface area (Å²) in [6.07, 6.45) is 2.06. The van der Waals surface area contributed by atoms with Crippen molar-refractivity contribution in [2.75, 3.05) is 18.5 Å². The summed E-state index contributed by atoms with van der Waals surface area (Å²) in [4.78, 5) is 12.8. The molecule has 4 heteroatoms. The molecule has 0 amide bonds. The molecule has 2 rings (SSSR count). The number of hydrogen-bond acceptors (Lipinski definition) is 2. The van der Waals surface area contributed by atoms with Gasteiger partial charge in [-0.2, -0.15) is 0 Å². The van der Waals surface area contributed by atoms with Crippen LogP contribution in [0.15, 0.2) is 24.3 Å². The highest BCUT2D eigenvalue weighted by atomic mass is 19.1. The molecule has 1 aliphatic carbocycles. The van der Waals surface area contributed by atoms with Crippen molar-refractivity contribution in [3.8, 4) is 0 Å². The van der Waals surface area contributed by atoms with Crippen LogP contribution in [0.3, 0.4) is 0 Å². The number of carbonyl (C=O) groups is 1. The topological polar surface area (TPSA) is 40.5 Å². The van der Waals surface area contributed by atoms with Crippen LogP contribution in [-0.4, -0.2) is 24.7 Å². The minimum Gasteiger partial charge on any atom is -0.481 e. The quantitative estimate of drug-likeness (QED) is 0.855. The summed E-state index contributed by atoms with van der Waals surface area (Å²) in [5.74, 6) is -0.991. The molecule has 1 fully saturated rings. The Bertz CT molecular complexity index is 429. The van der Waals surface area contributed by atoms with E-state index < -0.39 is 11.4 Å². The number of anilines is 1. The molecular formula is C13H16FNO2. The molecule has 1 N–H and O–H groups in total. The van der Waals surface area contributed by atoms with E-state index in [4.69, 9.17) is 5.11 Å². The van der Waals surface area contributed by atoms with Crippen molar-refractivity contribution >= 4 is 11.7 Å². The van der Waals surface area contributed by atoms with Crippen molar-refractivity contribution in [2.45, 2.75) is 19.3 Å². The normalized spacial score (nSPS) is 16.6. The summed E-state index contributed by atoms with van der Waals surface area (Å²) < 4.78 is 13.5. The third-order valence-electron chi connectivity index (χ3n) is 3.50. The van der Waals surface area contributed by atoms with Crippen LogP contribution in [0.1, 0.15) is 19.3 Å². The predicted molar refractivity (Wildman–Crippen MR) is 63.6 cm³/mol. The molecule has 0 spiro atoms. The zero-order valence-electron chi connectivity index (χ0n) is 9.82. The van der Waals surface area contributed by atoms with Gasteiger partial charge in [0.15, 0.2) is 0 Å². The van der Waals surface area contributed by atoms with Crippen molar-refractivity contribution in [1.29, 1.82) is 0 Å². The Kier molecular flexibility index (Phi) is 3.05. The number of halogens is 1. The largest absolute Gasteiger partial charge is 0.481 e. The van der Waals surface area contributed by atoms with Gasteiger partial charge in [-0.1, -0.05) is 12.1 Å². The Labute approximate surface area is 99.9 Å². The minimum atomic E-state index is -0.723. The number of para-hydroxylation sites is 1. The van der Waals surface area contributed by atoms with Crippen molar-refractivity contribution in [1.82, 2.24) is 0 Å². The monoisotopic (exact) mass is 237 g/mol. The van der Waals surface area contributed by atoms with Crippen LogP contribution in [-0.2, 0) is 4.79 Å². The Morgan fingerprint density at radius 2 is 2.12 bits per heavy atom. The third-order valence-corrected chi connectivity index (χ3v) is 3.50. The first-order chi connectivity index (χ1) is 8.05. The van der Waals surface area contributed by atoms with Gasteiger partial charge in [-0.25, -0.2) is 4.39 Å². The number of nitrogens with zero attached hydrogens (tertiary/aromatic N) is 1. The van der Waals surface area contributed by atoms with E-state index in [-0.39, 0.29) is 5.82 Å². The first kappa shape index (κ1) is 11.9. The summed E-state index contributed by atoms with van der Waals surface area (Å²) in [6, 6.07) is 6.54. The summed E-state index contributed by atoms with van der Waals surface area (Å²) >= 11 is 0. The standard InChI is InChI=1S/C13H16FNO2/c1-15(11-5-3-2-4-10(11)14)9-8-13(6-7-13)12(16)17/h2-5H,6-9H2,1H3,(H,16,17). The Morgan fingerprint density at radius 3 is 2.65 bits per heavy atom. The SMILES string of the molecule is CN(CCC1(C(=O)O)CC1)c1ccccc1F. The highest BCUT2D eigenvalue weighted by Gasteiger charge is 2.49. The second-order valence-electron chi connectivity index (χ2n) is 4.71. The van der Waals surface area contributed by atoms with Crippen LogP contribution in [0, 0.1) is 11.2 Å². The number of aliphatic carboxylic acids is 1. The molecule has 0 aliphatic heterocycles. The number of benzene rings is 1. The molecule has 0 radical (unpaired) electrons. The van der Waals surface area contributed by atoms with E-state index in [1.54, 1.807) is 30.1 Å². The average Bonchev–Trinajstić information content (AvgIpc) is 3.07. The van der Waals surface area contributed by atoms with E-state index in [2.05, 4.69) is 0 Å². The van der Waals surface area contributed by atoms with Crippen molar-refractivity contribution in [3.63, 3.8) is 0 Å². The summed E-state index contributed by atoms with van der Waals surface area (Å²) in [6.45, 7) is 0.563. The van der Waals surface area contributed by atoms with Crippen LogP contribution < -0.4 is 4.90 Å². The van der Waals surface area contributed by atoms with Crippen molar-refractivity contribution in [3.05, 3.63) is 30.1 Å². The summed E-state index contributed by atoms with van der Waals surface area (Å²) in [7, 11) is 1.79. The molecule has 1 aromatic rings. The van der Waals surface area contributed by atoms with Crippen LogP contribution in [0.5, 0.6) is 0 Å². The van der Waals surface area contributed by atoms with E-state index in [1.807, 2.05) is 0 Å². The van der Waals surface area contributed by atoms with E-state index >= 15 is 0 Å². The lowest BCUT2D eigenvalue weighted by atomic mass is 10.0. The summed E-state index contributed by atoms with van der Waals surface area (Å²) in [5.41, 5.74) is -0.0202. The van der Waals surface area contributed by atoms with Gasteiger partial charge in [0, 0.05) is 13.6 Å². The van der Waals surface area contributed by atoms with Crippen molar-refractivity contribution < 1.29 is 14.3 Å². The van der Waals surface area contributed by atoms with Gasteiger partial charge in [0.05, 0.1) is 11.1 Å². The maximum atomic E-state index is 13.5. The smallest absolute Gasteiger partial charge is 0.309 e. The van der Waals surface area contributed by atoms with Crippen molar-refractivity contribution in [2.24, 2.45) is 5.41 Å². The van der Waals surface area contributed by atoms with Gasteiger partial charge >= 0.3 is 5.97 Å². The second-order valence-corrected chi connectivity index (χ2v) is 4.71. The van der Waals surface area contributed by atoms with Gasteiger partial charge in [-0.3, -0.25) is 4.79 Å². The van der Waals surface area contributed by atoms with Gasteiger partial charge in [0.1, 0.15) is 5.82 Å². The molecule has 92 valence electrons. The van der Waals surface area contributed by atoms with Crippen LogP contribution in [0.4, 0.5) is 10.1 Å². The van der Waals surface area contributed by atoms with E-state index in [1.165, 1.54) is 6.07 Å². The lowest BCUT2D eigenvalue weighted by Crippen LogP contribution is -2.25. The maximum absolute atomic E-state index is 13.5. The van der Waals surface area contributed by atoms with E-state index in [9.17, 15) is 9.18 Å². The van der Waals surface area contributed by atoms with Gasteiger partial charge in [0.2, 0.25) is 0 Å². The zero-order chi connectivity index (χ0) is 12.5. The Morgan fingerprint density at radius 1 is 1.47 bits per heavy atom. The number of rotatable bonds is 5. The van der Waals surface area contributed by atoms with E-state index in [0.29, 0.717) is 18.7 Å². The molecule has 1 saturated carbocycles. The lowest BCUT2D eigenvalue weighted by molar-refractivity contribution is -0.143. The molecule has 1 aliphatic rings. The predicted octanol–water partition coefficient (Wildman–Crippen LogP) is 2.52. The number of hydrogen-bond donors (Lipinski definition) is 1. The first-order valence-electron chi connectivity index (χ1n) is 5.74.